The van der Waals surface area contributed by atoms with Crippen LogP contribution in [0.15, 0.2) is 91.5 Å². The number of aliphatic hydroxyl groups is 1. The summed E-state index contributed by atoms with van der Waals surface area (Å²) in [5.41, 5.74) is 1.32. The maximum absolute atomic E-state index is 13.6. The van der Waals surface area contributed by atoms with Crippen LogP contribution in [-0.4, -0.2) is 22.5 Å². The van der Waals surface area contributed by atoms with E-state index >= 15 is 0 Å². The molecule has 1 aliphatic rings. The monoisotopic (exact) mass is 471 g/mol. The number of para-hydroxylation sites is 1. The van der Waals surface area contributed by atoms with Crippen LogP contribution in [0.4, 0.5) is 15.2 Å². The number of thiazole rings is 1. The molecule has 2 N–H and O–H groups in total. The molecule has 4 aromatic rings. The molecule has 0 spiro atoms. The fourth-order valence-electron chi connectivity index (χ4n) is 4.18. The molecule has 170 valence electrons. The van der Waals surface area contributed by atoms with Crippen LogP contribution >= 0.6 is 11.3 Å². The summed E-state index contributed by atoms with van der Waals surface area (Å²) in [4.78, 5) is 20.3. The van der Waals surface area contributed by atoms with Gasteiger partial charge in [-0.05, 0) is 35.9 Å². The Morgan fingerprint density at radius 2 is 1.76 bits per heavy atom. The second-order valence-corrected chi connectivity index (χ2v) is 8.97. The van der Waals surface area contributed by atoms with Crippen LogP contribution in [0, 0.1) is 5.82 Å². The van der Waals surface area contributed by atoms with Crippen LogP contribution in [0.2, 0.25) is 0 Å². The van der Waals surface area contributed by atoms with E-state index < -0.39 is 11.5 Å². The summed E-state index contributed by atoms with van der Waals surface area (Å²) in [7, 11) is 0. The third kappa shape index (κ3) is 3.69. The molecule has 1 amide bonds. The summed E-state index contributed by atoms with van der Waals surface area (Å²) >= 11 is 1.22. The highest BCUT2D eigenvalue weighted by atomic mass is 32.1. The molecule has 2 heterocycles. The molecule has 0 aliphatic carbocycles. The lowest BCUT2D eigenvalue weighted by molar-refractivity contribution is -0.131. The van der Waals surface area contributed by atoms with Crippen molar-refractivity contribution in [3.8, 4) is 11.3 Å². The zero-order valence-electron chi connectivity index (χ0n) is 18.2. The van der Waals surface area contributed by atoms with Crippen molar-refractivity contribution >= 4 is 28.1 Å². The predicted octanol–water partition coefficient (Wildman–Crippen LogP) is 5.33. The molecule has 1 atom stereocenters. The van der Waals surface area contributed by atoms with Crippen molar-refractivity contribution in [2.75, 3.05) is 16.8 Å². The van der Waals surface area contributed by atoms with Crippen LogP contribution in [-0.2, 0) is 16.9 Å². The highest BCUT2D eigenvalue weighted by Gasteiger charge is 2.53. The number of amides is 1. The predicted molar refractivity (Wildman–Crippen MR) is 133 cm³/mol. The van der Waals surface area contributed by atoms with E-state index in [1.807, 2.05) is 42.5 Å². The molecule has 0 saturated heterocycles. The topological polar surface area (TPSA) is 65.5 Å². The van der Waals surface area contributed by atoms with Gasteiger partial charge in [-0.3, -0.25) is 4.79 Å². The Bertz CT molecular complexity index is 1350. The molecular formula is C27H22FN3O2S. The number of fused-ring (bicyclic) bond motifs is 1. The molecule has 5 rings (SSSR count). The number of aromatic nitrogens is 1. The van der Waals surface area contributed by atoms with Gasteiger partial charge in [-0.1, -0.05) is 65.9 Å². The lowest BCUT2D eigenvalue weighted by Gasteiger charge is -2.22. The summed E-state index contributed by atoms with van der Waals surface area (Å²) in [6.07, 6.45) is 1.63. The molecule has 0 bridgehead atoms. The van der Waals surface area contributed by atoms with Gasteiger partial charge in [0.15, 0.2) is 5.13 Å². The molecule has 0 saturated carbocycles. The van der Waals surface area contributed by atoms with E-state index in [-0.39, 0.29) is 12.4 Å². The van der Waals surface area contributed by atoms with Gasteiger partial charge >= 0.3 is 0 Å². The van der Waals surface area contributed by atoms with Gasteiger partial charge in [-0.25, -0.2) is 9.37 Å². The number of nitrogens with one attached hydrogen (secondary N) is 1. The number of carbonyl (C=O) groups is 1. The fraction of sp³-hybridized carbons (Fsp3) is 0.111. The third-order valence-electron chi connectivity index (χ3n) is 5.81. The Balaban J connectivity index is 1.63. The third-order valence-corrected chi connectivity index (χ3v) is 6.93. The largest absolute Gasteiger partial charge is 0.371 e. The maximum atomic E-state index is 13.6. The first-order valence-corrected chi connectivity index (χ1v) is 11.6. The zero-order chi connectivity index (χ0) is 23.7. The number of carbonyl (C=O) groups excluding carboxylic acids is 1. The second kappa shape index (κ2) is 8.85. The number of hydrogen-bond acceptors (Lipinski definition) is 5. The number of rotatable bonds is 7. The van der Waals surface area contributed by atoms with E-state index in [1.54, 1.807) is 30.3 Å². The summed E-state index contributed by atoms with van der Waals surface area (Å²) < 4.78 is 13.6. The van der Waals surface area contributed by atoms with E-state index in [2.05, 4.69) is 11.9 Å². The SMILES string of the molecule is C=CCN1C(=O)[C@](O)(c2sc(NCc3ccccc3)nc2-c2ccc(F)cc2)c2ccccc21. The van der Waals surface area contributed by atoms with Crippen molar-refractivity contribution in [1.29, 1.82) is 0 Å². The van der Waals surface area contributed by atoms with Gasteiger partial charge < -0.3 is 15.3 Å². The summed E-state index contributed by atoms with van der Waals surface area (Å²) in [5.74, 6) is -0.837. The van der Waals surface area contributed by atoms with E-state index in [1.165, 1.54) is 28.4 Å². The van der Waals surface area contributed by atoms with E-state index in [0.717, 1.165) is 5.56 Å². The first kappa shape index (κ1) is 22.0. The van der Waals surface area contributed by atoms with Crippen molar-refractivity contribution in [1.82, 2.24) is 4.98 Å². The first-order chi connectivity index (χ1) is 16.5. The van der Waals surface area contributed by atoms with Gasteiger partial charge in [0.05, 0.1) is 16.3 Å². The van der Waals surface area contributed by atoms with Crippen LogP contribution in [0.25, 0.3) is 11.3 Å². The summed E-state index contributed by atoms with van der Waals surface area (Å²) in [5, 5.41) is 15.9. The number of halogens is 1. The van der Waals surface area contributed by atoms with Crippen LogP contribution in [0.3, 0.4) is 0 Å². The smallest absolute Gasteiger partial charge is 0.269 e. The number of benzene rings is 3. The minimum atomic E-state index is -1.92. The molecule has 7 heteroatoms. The zero-order valence-corrected chi connectivity index (χ0v) is 19.1. The van der Waals surface area contributed by atoms with Crippen molar-refractivity contribution in [3.63, 3.8) is 0 Å². The Labute approximate surface area is 200 Å². The second-order valence-electron chi connectivity index (χ2n) is 7.97. The van der Waals surface area contributed by atoms with Crippen molar-refractivity contribution < 1.29 is 14.3 Å². The van der Waals surface area contributed by atoms with Gasteiger partial charge in [-0.2, -0.15) is 0 Å². The molecule has 1 aromatic heterocycles. The van der Waals surface area contributed by atoms with Crippen molar-refractivity contribution in [2.45, 2.75) is 12.1 Å². The molecule has 0 unspecified atom stereocenters. The van der Waals surface area contributed by atoms with Crippen LogP contribution in [0.5, 0.6) is 0 Å². The Hall–Kier alpha value is -3.81. The summed E-state index contributed by atoms with van der Waals surface area (Å²) in [6, 6.07) is 22.9. The minimum absolute atomic E-state index is 0.266. The normalized spacial score (nSPS) is 17.0. The average Bonchev–Trinajstić information content (AvgIpc) is 3.39. The van der Waals surface area contributed by atoms with Crippen LogP contribution in [0.1, 0.15) is 16.0 Å². The highest BCUT2D eigenvalue weighted by molar-refractivity contribution is 7.16. The molecule has 34 heavy (non-hydrogen) atoms. The molecule has 0 fully saturated rings. The van der Waals surface area contributed by atoms with Crippen molar-refractivity contribution in [3.05, 3.63) is 113 Å². The fourth-order valence-corrected chi connectivity index (χ4v) is 5.26. The lowest BCUT2D eigenvalue weighted by atomic mass is 9.91. The molecule has 3 aromatic carbocycles. The molecule has 5 nitrogen and oxygen atoms in total. The van der Waals surface area contributed by atoms with E-state index in [4.69, 9.17) is 4.98 Å². The first-order valence-electron chi connectivity index (χ1n) is 10.8. The number of nitrogens with zero attached hydrogens (tertiary/aromatic N) is 2. The molecule has 1 aliphatic heterocycles. The highest BCUT2D eigenvalue weighted by Crippen LogP contribution is 2.49. The van der Waals surface area contributed by atoms with E-state index in [9.17, 15) is 14.3 Å². The van der Waals surface area contributed by atoms with E-state index in [0.29, 0.717) is 39.1 Å². The number of anilines is 2. The van der Waals surface area contributed by atoms with Gasteiger partial charge in [0, 0.05) is 24.2 Å². The Morgan fingerprint density at radius 1 is 1.06 bits per heavy atom. The Morgan fingerprint density at radius 3 is 2.50 bits per heavy atom. The van der Waals surface area contributed by atoms with Gasteiger partial charge in [-0.15, -0.1) is 6.58 Å². The number of hydrogen-bond donors (Lipinski definition) is 2. The molecular weight excluding hydrogens is 449 g/mol. The van der Waals surface area contributed by atoms with Gasteiger partial charge in [0.1, 0.15) is 5.82 Å². The minimum Gasteiger partial charge on any atom is -0.371 e. The van der Waals surface area contributed by atoms with Crippen molar-refractivity contribution in [2.24, 2.45) is 0 Å². The molecule has 0 radical (unpaired) electrons. The van der Waals surface area contributed by atoms with Gasteiger partial charge in [0.25, 0.3) is 5.91 Å². The van der Waals surface area contributed by atoms with Crippen LogP contribution < -0.4 is 10.2 Å². The maximum Gasteiger partial charge on any atom is 0.269 e. The quantitative estimate of drug-likeness (QED) is 0.358. The Kier molecular flexibility index (Phi) is 5.73. The lowest BCUT2D eigenvalue weighted by Crippen LogP contribution is -2.41. The van der Waals surface area contributed by atoms with Gasteiger partial charge in [0.2, 0.25) is 5.60 Å². The summed E-state index contributed by atoms with van der Waals surface area (Å²) in [6.45, 7) is 4.55. The average molecular weight is 472 g/mol. The standard InChI is InChI=1S/C27H22FN3O2S/c1-2-16-31-22-11-7-6-10-21(22)27(33,25(31)32)24-23(19-12-14-20(28)15-13-19)30-26(34-24)29-17-18-8-4-3-5-9-18/h2-15,33H,1,16-17H2,(H,29,30)/t27-/m1/s1.